The van der Waals surface area contributed by atoms with Gasteiger partial charge < -0.3 is 5.32 Å². The summed E-state index contributed by atoms with van der Waals surface area (Å²) in [4.78, 5) is 20.6. The largest absolute Gasteiger partial charge is 0.320 e. The Morgan fingerprint density at radius 1 is 1.11 bits per heavy atom. The molecule has 2 aromatic rings. The number of nitrogens with one attached hydrogen (secondary N) is 1. The first-order valence-corrected chi connectivity index (χ1v) is 6.16. The van der Waals surface area contributed by atoms with Crippen molar-refractivity contribution in [1.29, 1.82) is 0 Å². The number of rotatable bonds is 2. The number of pyridine rings is 2. The third-order valence-corrected chi connectivity index (χ3v) is 2.94. The zero-order chi connectivity index (χ0) is 14.0. The van der Waals surface area contributed by atoms with Crippen LogP contribution in [0.25, 0.3) is 0 Å². The van der Waals surface area contributed by atoms with Gasteiger partial charge in [0.25, 0.3) is 5.91 Å². The fourth-order valence-corrected chi connectivity index (χ4v) is 2.00. The molecular weight excluding hydrogens is 238 g/mol. The smallest absolute Gasteiger partial charge is 0.257 e. The predicted molar refractivity (Wildman–Crippen MR) is 75.4 cm³/mol. The highest BCUT2D eigenvalue weighted by atomic mass is 16.1. The Morgan fingerprint density at radius 2 is 1.84 bits per heavy atom. The third-order valence-electron chi connectivity index (χ3n) is 2.94. The molecule has 0 saturated heterocycles. The monoisotopic (exact) mass is 255 g/mol. The normalized spacial score (nSPS) is 10.3. The highest BCUT2D eigenvalue weighted by Crippen LogP contribution is 2.20. The van der Waals surface area contributed by atoms with Crippen molar-refractivity contribution < 1.29 is 4.79 Å². The lowest BCUT2D eigenvalue weighted by Gasteiger charge is -2.11. The van der Waals surface area contributed by atoms with Gasteiger partial charge in [0, 0.05) is 17.6 Å². The first kappa shape index (κ1) is 13.2. The SMILES string of the molecule is Cc1ccc(C(=O)Nc2c(C)cc(C)nc2C)cn1. The van der Waals surface area contributed by atoms with E-state index in [0.29, 0.717) is 5.56 Å². The van der Waals surface area contributed by atoms with E-state index in [-0.39, 0.29) is 5.91 Å². The molecular formula is C15H17N3O. The van der Waals surface area contributed by atoms with E-state index in [4.69, 9.17) is 0 Å². The van der Waals surface area contributed by atoms with Crippen LogP contribution < -0.4 is 5.32 Å². The van der Waals surface area contributed by atoms with Crippen LogP contribution in [0.5, 0.6) is 0 Å². The summed E-state index contributed by atoms with van der Waals surface area (Å²) in [7, 11) is 0. The fourth-order valence-electron chi connectivity index (χ4n) is 2.00. The zero-order valence-electron chi connectivity index (χ0n) is 11.6. The summed E-state index contributed by atoms with van der Waals surface area (Å²) in [6, 6.07) is 5.54. The first-order chi connectivity index (χ1) is 8.97. The van der Waals surface area contributed by atoms with Crippen LogP contribution in [0.1, 0.15) is 33.0 Å². The van der Waals surface area contributed by atoms with Gasteiger partial charge in [0.05, 0.1) is 16.9 Å². The molecule has 1 N–H and O–H groups in total. The van der Waals surface area contributed by atoms with Gasteiger partial charge in [-0.15, -0.1) is 0 Å². The van der Waals surface area contributed by atoms with E-state index in [1.54, 1.807) is 12.3 Å². The Kier molecular flexibility index (Phi) is 3.60. The van der Waals surface area contributed by atoms with Gasteiger partial charge >= 0.3 is 0 Å². The molecule has 0 aromatic carbocycles. The minimum Gasteiger partial charge on any atom is -0.320 e. The van der Waals surface area contributed by atoms with E-state index in [9.17, 15) is 4.79 Å². The molecule has 0 aliphatic carbocycles. The molecule has 2 rings (SSSR count). The molecule has 0 radical (unpaired) electrons. The molecule has 19 heavy (non-hydrogen) atoms. The van der Waals surface area contributed by atoms with Gasteiger partial charge in [-0.2, -0.15) is 0 Å². The fraction of sp³-hybridized carbons (Fsp3) is 0.267. The van der Waals surface area contributed by atoms with Gasteiger partial charge in [0.1, 0.15) is 0 Å². The molecule has 0 atom stereocenters. The average Bonchev–Trinajstić information content (AvgIpc) is 2.34. The summed E-state index contributed by atoms with van der Waals surface area (Å²) in [5.41, 5.74) is 5.00. The van der Waals surface area contributed by atoms with Gasteiger partial charge in [-0.05, 0) is 51.5 Å². The lowest BCUT2D eigenvalue weighted by Crippen LogP contribution is -2.15. The first-order valence-electron chi connectivity index (χ1n) is 6.16. The molecule has 4 nitrogen and oxygen atoms in total. The lowest BCUT2D eigenvalue weighted by molar-refractivity contribution is 0.102. The Balaban J connectivity index is 2.26. The molecule has 1 amide bonds. The molecule has 0 bridgehead atoms. The van der Waals surface area contributed by atoms with Crippen LogP contribution >= 0.6 is 0 Å². The van der Waals surface area contributed by atoms with Gasteiger partial charge in [-0.1, -0.05) is 0 Å². The zero-order valence-corrected chi connectivity index (χ0v) is 11.6. The quantitative estimate of drug-likeness (QED) is 0.897. The standard InChI is InChI=1S/C15H17N3O/c1-9-7-11(3)17-12(4)14(9)18-15(19)13-6-5-10(2)16-8-13/h5-8H,1-4H3,(H,18,19). The highest BCUT2D eigenvalue weighted by molar-refractivity contribution is 6.04. The number of hydrogen-bond donors (Lipinski definition) is 1. The third kappa shape index (κ3) is 2.96. The summed E-state index contributed by atoms with van der Waals surface area (Å²) < 4.78 is 0. The number of aryl methyl sites for hydroxylation is 4. The molecule has 98 valence electrons. The van der Waals surface area contributed by atoms with Crippen LogP contribution in [-0.4, -0.2) is 15.9 Å². The lowest BCUT2D eigenvalue weighted by atomic mass is 10.1. The number of carbonyl (C=O) groups is 1. The van der Waals surface area contributed by atoms with Gasteiger partial charge in [0.2, 0.25) is 0 Å². The van der Waals surface area contributed by atoms with Crippen LogP contribution in [0.15, 0.2) is 24.4 Å². The number of hydrogen-bond acceptors (Lipinski definition) is 3. The van der Waals surface area contributed by atoms with Gasteiger partial charge in [-0.25, -0.2) is 0 Å². The predicted octanol–water partition coefficient (Wildman–Crippen LogP) is 2.96. The number of anilines is 1. The average molecular weight is 255 g/mol. The van der Waals surface area contributed by atoms with Crippen LogP contribution in [0.2, 0.25) is 0 Å². The maximum Gasteiger partial charge on any atom is 0.257 e. The second-order valence-electron chi connectivity index (χ2n) is 4.68. The summed E-state index contributed by atoms with van der Waals surface area (Å²) >= 11 is 0. The van der Waals surface area contributed by atoms with Crippen molar-refractivity contribution in [2.24, 2.45) is 0 Å². The van der Waals surface area contributed by atoms with E-state index < -0.39 is 0 Å². The summed E-state index contributed by atoms with van der Waals surface area (Å²) in [5, 5.41) is 2.90. The van der Waals surface area contributed by atoms with E-state index in [1.165, 1.54) is 0 Å². The molecule has 0 spiro atoms. The number of aromatic nitrogens is 2. The second-order valence-corrected chi connectivity index (χ2v) is 4.68. The van der Waals surface area contributed by atoms with Crippen LogP contribution in [0.4, 0.5) is 5.69 Å². The van der Waals surface area contributed by atoms with E-state index in [0.717, 1.165) is 28.3 Å². The van der Waals surface area contributed by atoms with Gasteiger partial charge in [0.15, 0.2) is 0 Å². The molecule has 0 saturated carbocycles. The molecule has 2 aromatic heterocycles. The van der Waals surface area contributed by atoms with E-state index >= 15 is 0 Å². The van der Waals surface area contributed by atoms with E-state index in [2.05, 4.69) is 15.3 Å². The van der Waals surface area contributed by atoms with E-state index in [1.807, 2.05) is 39.8 Å². The van der Waals surface area contributed by atoms with Crippen molar-refractivity contribution in [2.45, 2.75) is 27.7 Å². The Hall–Kier alpha value is -2.23. The molecule has 0 fully saturated rings. The number of nitrogens with zero attached hydrogens (tertiary/aromatic N) is 2. The topological polar surface area (TPSA) is 54.9 Å². The number of amides is 1. The molecule has 0 aliphatic heterocycles. The molecule has 0 unspecified atom stereocenters. The van der Waals surface area contributed by atoms with Crippen LogP contribution in [-0.2, 0) is 0 Å². The Bertz CT molecular complexity index is 595. The van der Waals surface area contributed by atoms with Crippen molar-refractivity contribution in [3.8, 4) is 0 Å². The molecule has 4 heteroatoms. The van der Waals surface area contributed by atoms with Crippen LogP contribution in [0, 0.1) is 27.7 Å². The van der Waals surface area contributed by atoms with Crippen molar-refractivity contribution in [3.05, 3.63) is 52.6 Å². The van der Waals surface area contributed by atoms with Crippen molar-refractivity contribution >= 4 is 11.6 Å². The molecule has 0 aliphatic rings. The summed E-state index contributed by atoms with van der Waals surface area (Å²) in [6.07, 6.45) is 1.58. The van der Waals surface area contributed by atoms with Gasteiger partial charge in [-0.3, -0.25) is 14.8 Å². The minimum absolute atomic E-state index is 0.163. The highest BCUT2D eigenvalue weighted by Gasteiger charge is 2.11. The van der Waals surface area contributed by atoms with Crippen molar-refractivity contribution in [1.82, 2.24) is 9.97 Å². The van der Waals surface area contributed by atoms with Crippen LogP contribution in [0.3, 0.4) is 0 Å². The maximum atomic E-state index is 12.1. The van der Waals surface area contributed by atoms with Crippen molar-refractivity contribution in [2.75, 3.05) is 5.32 Å². The summed E-state index contributed by atoms with van der Waals surface area (Å²) in [5.74, 6) is -0.163. The second kappa shape index (κ2) is 5.18. The van der Waals surface area contributed by atoms with Crippen molar-refractivity contribution in [3.63, 3.8) is 0 Å². The Labute approximate surface area is 112 Å². The maximum absolute atomic E-state index is 12.1. The summed E-state index contributed by atoms with van der Waals surface area (Å²) in [6.45, 7) is 7.68. The Morgan fingerprint density at radius 3 is 2.42 bits per heavy atom. The molecule has 2 heterocycles. The minimum atomic E-state index is -0.163. The number of carbonyl (C=O) groups excluding carboxylic acids is 1.